The third-order valence-corrected chi connectivity index (χ3v) is 6.80. The third-order valence-electron chi connectivity index (χ3n) is 4.42. The van der Waals surface area contributed by atoms with Gasteiger partial charge in [-0.1, -0.05) is 0 Å². The predicted octanol–water partition coefficient (Wildman–Crippen LogP) is 5.34. The molecule has 0 radical (unpaired) electrons. The van der Waals surface area contributed by atoms with Crippen LogP contribution < -0.4 is 0 Å². The summed E-state index contributed by atoms with van der Waals surface area (Å²) in [7, 11) is -14.2. The first-order valence-electron chi connectivity index (χ1n) is 7.92. The molecule has 0 spiro atoms. The van der Waals surface area contributed by atoms with E-state index in [0.29, 0.717) is 0 Å². The Balaban J connectivity index is 7.39. The summed E-state index contributed by atoms with van der Waals surface area (Å²) in [4.78, 5) is 0. The van der Waals surface area contributed by atoms with E-state index in [9.17, 15) is 105 Å². The molecule has 0 heterocycles. The number of alkyl halides is 20. The van der Waals surface area contributed by atoms with Crippen molar-refractivity contribution in [3.05, 3.63) is 0 Å². The van der Waals surface area contributed by atoms with E-state index < -0.39 is 90.1 Å². The molecule has 0 saturated heterocycles. The molecule has 0 fully saturated rings. The Morgan fingerprint density at radius 2 is 0.395 bits per heavy atom. The lowest BCUT2D eigenvalue weighted by molar-refractivity contribution is -0.463. The lowest BCUT2D eigenvalue weighted by Crippen LogP contribution is -2.77. The van der Waals surface area contributed by atoms with Crippen LogP contribution in [0.1, 0.15) is 0 Å². The molecule has 4 nitrogen and oxygen atoms in total. The second-order valence-electron chi connectivity index (χ2n) is 7.17. The largest absolute Gasteiger partial charge is 0.413 e. The highest BCUT2D eigenvalue weighted by Crippen LogP contribution is 2.66. The fraction of sp³-hybridized carbons (Fsp3) is 1.00. The summed E-state index contributed by atoms with van der Waals surface area (Å²) in [6.07, 6.45) is -2.33. The maximum absolute atomic E-state index is 13.6. The van der Waals surface area contributed by atoms with Gasteiger partial charge in [0, 0.05) is 12.5 Å². The summed E-state index contributed by atoms with van der Waals surface area (Å²) < 4.78 is 310. The van der Waals surface area contributed by atoms with Crippen molar-refractivity contribution in [2.75, 3.05) is 12.5 Å². The van der Waals surface area contributed by atoms with Gasteiger partial charge in [-0.05, 0) is 0 Å². The van der Waals surface area contributed by atoms with Crippen molar-refractivity contribution >= 4 is 19.7 Å². The van der Waals surface area contributed by atoms with Crippen molar-refractivity contribution in [3.8, 4) is 0 Å². The first-order chi connectivity index (χ1) is 15.8. The number of halogens is 20. The van der Waals surface area contributed by atoms with Gasteiger partial charge in [0.15, 0.2) is 0 Å². The number of sulfone groups is 2. The fourth-order valence-electron chi connectivity index (χ4n) is 2.01. The molecular weight excluding hydrogens is 652 g/mol. The first kappa shape index (κ1) is 36.5. The molecule has 0 aliphatic heterocycles. The minimum absolute atomic E-state index is 1.17. The van der Waals surface area contributed by atoms with Gasteiger partial charge in [-0.2, -0.15) is 87.8 Å². The van der Waals surface area contributed by atoms with Crippen LogP contribution in [-0.2, 0) is 19.7 Å². The number of rotatable bonds is 11. The number of hydrogen-bond donors (Lipinski definition) is 0. The Labute approximate surface area is 195 Å². The van der Waals surface area contributed by atoms with Crippen molar-refractivity contribution in [3.63, 3.8) is 0 Å². The maximum Gasteiger partial charge on any atom is 0.413 e. The van der Waals surface area contributed by atoms with Crippen molar-refractivity contribution in [1.82, 2.24) is 0 Å². The quantitative estimate of drug-likeness (QED) is 0.281. The molecule has 0 bridgehead atoms. The molecule has 0 rings (SSSR count). The Morgan fingerprint density at radius 3 is 0.500 bits per heavy atom. The van der Waals surface area contributed by atoms with Crippen molar-refractivity contribution in [2.45, 2.75) is 57.9 Å². The molecular formula is C12H6F20O4S2. The third kappa shape index (κ3) is 4.07. The Kier molecular flexibility index (Phi) is 8.17. The predicted molar refractivity (Wildman–Crippen MR) is 79.2 cm³/mol. The SMILES string of the molecule is CS(=O)(=O)C(F)(F)C(F)(F)C(F)(F)C(F)(F)C(F)(F)C(F)(F)C(F)(F)C(F)(F)C(F)(F)C(F)(F)S(C)(=O)=O. The average Bonchev–Trinajstić information content (AvgIpc) is 2.64. The van der Waals surface area contributed by atoms with Crippen LogP contribution in [-0.4, -0.2) is 87.2 Å². The molecule has 0 atom stereocenters. The molecule has 0 aromatic heterocycles. The molecule has 230 valence electrons. The Bertz CT molecular complexity index is 1050. The van der Waals surface area contributed by atoms with Crippen LogP contribution in [0.5, 0.6) is 0 Å². The fourth-order valence-corrected chi connectivity index (χ4v) is 3.20. The maximum atomic E-state index is 13.6. The standard InChI is InChI=1S/C12H6F20O4S2/c1-37(33,34)11(29,30)9(25,26)7(21,22)5(17,18)3(13,14)4(15,16)6(19,20)8(23,24)10(27,28)12(31,32)38(2,35)36/h1-2H3. The molecule has 0 aliphatic rings. The van der Waals surface area contributed by atoms with Crippen LogP contribution in [0, 0.1) is 0 Å². The van der Waals surface area contributed by atoms with Crippen molar-refractivity contribution in [2.24, 2.45) is 0 Å². The molecule has 26 heteroatoms. The highest BCUT2D eigenvalue weighted by molar-refractivity contribution is 7.92. The molecule has 38 heavy (non-hydrogen) atoms. The van der Waals surface area contributed by atoms with E-state index in [1.807, 2.05) is 0 Å². The van der Waals surface area contributed by atoms with Crippen LogP contribution in [0.4, 0.5) is 87.8 Å². The van der Waals surface area contributed by atoms with Crippen molar-refractivity contribution < 1.29 is 105 Å². The van der Waals surface area contributed by atoms with Gasteiger partial charge >= 0.3 is 57.9 Å². The molecule has 0 aromatic rings. The molecule has 0 saturated carbocycles. The highest BCUT2D eigenvalue weighted by Gasteiger charge is 2.98. The van der Waals surface area contributed by atoms with Gasteiger partial charge in [-0.15, -0.1) is 0 Å². The van der Waals surface area contributed by atoms with Gasteiger partial charge in [0.1, 0.15) is 0 Å². The van der Waals surface area contributed by atoms with Gasteiger partial charge in [-0.3, -0.25) is 0 Å². The molecule has 0 N–H and O–H groups in total. The van der Waals surface area contributed by atoms with Crippen LogP contribution in [0.3, 0.4) is 0 Å². The topological polar surface area (TPSA) is 68.3 Å². The normalized spacial score (nSPS) is 17.1. The summed E-state index contributed by atoms with van der Waals surface area (Å²) in [6.45, 7) is 0. The Morgan fingerprint density at radius 1 is 0.289 bits per heavy atom. The summed E-state index contributed by atoms with van der Waals surface area (Å²) >= 11 is 0. The van der Waals surface area contributed by atoms with E-state index in [2.05, 4.69) is 0 Å². The molecule has 0 unspecified atom stereocenters. The van der Waals surface area contributed by atoms with Gasteiger partial charge in [0.05, 0.1) is 0 Å². The van der Waals surface area contributed by atoms with Gasteiger partial charge in [-0.25, -0.2) is 16.8 Å². The summed E-state index contributed by atoms with van der Waals surface area (Å²) in [5, 5.41) is -15.3. The monoisotopic (exact) mass is 658 g/mol. The van der Waals surface area contributed by atoms with E-state index in [4.69, 9.17) is 0 Å². The summed E-state index contributed by atoms with van der Waals surface area (Å²) in [6, 6.07) is 0. The van der Waals surface area contributed by atoms with Gasteiger partial charge in [0.25, 0.3) is 0 Å². The lowest BCUT2D eigenvalue weighted by Gasteiger charge is -2.44. The van der Waals surface area contributed by atoms with E-state index in [-0.39, 0.29) is 0 Å². The minimum atomic E-state index is -9.34. The first-order valence-corrected chi connectivity index (χ1v) is 11.7. The molecule has 0 amide bonds. The van der Waals surface area contributed by atoms with Crippen LogP contribution in [0.15, 0.2) is 0 Å². The van der Waals surface area contributed by atoms with E-state index in [1.54, 1.807) is 0 Å². The van der Waals surface area contributed by atoms with Crippen LogP contribution >= 0.6 is 0 Å². The van der Waals surface area contributed by atoms with E-state index in [0.717, 1.165) is 0 Å². The van der Waals surface area contributed by atoms with Gasteiger partial charge < -0.3 is 0 Å². The molecule has 0 aromatic carbocycles. The van der Waals surface area contributed by atoms with Crippen molar-refractivity contribution in [1.29, 1.82) is 0 Å². The molecule has 0 aliphatic carbocycles. The Hall–Kier alpha value is -1.50. The second-order valence-corrected chi connectivity index (χ2v) is 11.3. The summed E-state index contributed by atoms with van der Waals surface area (Å²) in [5.74, 6) is -72.1. The van der Waals surface area contributed by atoms with Crippen LogP contribution in [0.25, 0.3) is 0 Å². The lowest BCUT2D eigenvalue weighted by atomic mass is 9.87. The minimum Gasteiger partial charge on any atom is -0.223 e. The van der Waals surface area contributed by atoms with E-state index >= 15 is 0 Å². The number of hydrogen-bond acceptors (Lipinski definition) is 4. The average molecular weight is 658 g/mol. The van der Waals surface area contributed by atoms with Crippen LogP contribution in [0.2, 0.25) is 0 Å². The van der Waals surface area contributed by atoms with E-state index in [1.165, 1.54) is 0 Å². The zero-order valence-corrected chi connectivity index (χ0v) is 18.6. The van der Waals surface area contributed by atoms with Gasteiger partial charge in [0.2, 0.25) is 19.7 Å². The smallest absolute Gasteiger partial charge is 0.223 e. The summed E-state index contributed by atoms with van der Waals surface area (Å²) in [5.41, 5.74) is 0. The highest BCUT2D eigenvalue weighted by atomic mass is 32.2. The zero-order chi connectivity index (χ0) is 32.0. The second kappa shape index (κ2) is 8.50. The zero-order valence-electron chi connectivity index (χ0n) is 17.0.